The molecule has 0 aromatic rings. The zero-order chi connectivity index (χ0) is 12.9. The van der Waals surface area contributed by atoms with E-state index in [1.54, 1.807) is 0 Å². The highest BCUT2D eigenvalue weighted by atomic mass is 32.2. The average molecular weight is 260 g/mol. The maximum absolute atomic E-state index is 11.1. The van der Waals surface area contributed by atoms with E-state index in [0.29, 0.717) is 12.2 Å². The van der Waals surface area contributed by atoms with Crippen LogP contribution >= 0.6 is 11.8 Å². The van der Waals surface area contributed by atoms with Crippen LogP contribution in [0, 0.1) is 5.41 Å². The second kappa shape index (κ2) is 5.90. The minimum absolute atomic E-state index is 0.00916. The summed E-state index contributed by atoms with van der Waals surface area (Å²) in [6.45, 7) is 0. The van der Waals surface area contributed by atoms with Crippen LogP contribution in [0.15, 0.2) is 0 Å². The van der Waals surface area contributed by atoms with Gasteiger partial charge in [0.15, 0.2) is 0 Å². The highest BCUT2D eigenvalue weighted by Crippen LogP contribution is 2.51. The largest absolute Gasteiger partial charge is 0.469 e. The molecule has 17 heavy (non-hydrogen) atoms. The monoisotopic (exact) mass is 260 g/mol. The molecule has 0 heterocycles. The van der Waals surface area contributed by atoms with Crippen LogP contribution in [0.1, 0.15) is 19.3 Å². The van der Waals surface area contributed by atoms with E-state index in [2.05, 4.69) is 4.74 Å². The van der Waals surface area contributed by atoms with Gasteiger partial charge in [-0.1, -0.05) is 0 Å². The molecule has 1 aliphatic carbocycles. The van der Waals surface area contributed by atoms with E-state index in [9.17, 15) is 14.4 Å². The van der Waals surface area contributed by atoms with Crippen LogP contribution in [0.3, 0.4) is 0 Å². The second-order valence-electron chi connectivity index (χ2n) is 4.16. The fourth-order valence-corrected chi connectivity index (χ4v) is 2.64. The van der Waals surface area contributed by atoms with Gasteiger partial charge in [-0.05, 0) is 24.0 Å². The lowest BCUT2D eigenvalue weighted by molar-refractivity contribution is -0.141. The third kappa shape index (κ3) is 5.08. The molecule has 1 saturated carbocycles. The number of nitrogens with one attached hydrogen (secondary N) is 1. The predicted octanol–water partition coefficient (Wildman–Crippen LogP) is 0.258. The fraction of sp³-hybridized carbons (Fsp3) is 0.700. The SMILES string of the molecule is COC(=O)CC1(CSCC(=O)NC(N)=O)CC1. The molecule has 1 aliphatic rings. The van der Waals surface area contributed by atoms with Crippen molar-refractivity contribution in [2.24, 2.45) is 11.1 Å². The van der Waals surface area contributed by atoms with Crippen LogP contribution in [0.5, 0.6) is 0 Å². The third-order valence-electron chi connectivity index (χ3n) is 2.61. The summed E-state index contributed by atoms with van der Waals surface area (Å²) in [6.07, 6.45) is 2.35. The quantitative estimate of drug-likeness (QED) is 0.667. The smallest absolute Gasteiger partial charge is 0.318 e. The molecule has 0 aliphatic heterocycles. The molecule has 0 unspecified atom stereocenters. The van der Waals surface area contributed by atoms with Gasteiger partial charge in [-0.3, -0.25) is 14.9 Å². The first kappa shape index (κ1) is 13.8. The lowest BCUT2D eigenvalue weighted by Gasteiger charge is -2.12. The standard InChI is InChI=1S/C10H16N2O4S/c1-16-8(14)4-10(2-3-10)6-17-5-7(13)12-9(11)15/h2-6H2,1H3,(H3,11,12,13,15). The van der Waals surface area contributed by atoms with Gasteiger partial charge in [-0.2, -0.15) is 11.8 Å². The number of hydrogen-bond acceptors (Lipinski definition) is 5. The zero-order valence-corrected chi connectivity index (χ0v) is 10.5. The van der Waals surface area contributed by atoms with Crippen molar-refractivity contribution in [3.63, 3.8) is 0 Å². The van der Waals surface area contributed by atoms with Gasteiger partial charge in [-0.25, -0.2) is 4.79 Å². The topological polar surface area (TPSA) is 98.5 Å². The van der Waals surface area contributed by atoms with E-state index in [-0.39, 0.29) is 17.1 Å². The van der Waals surface area contributed by atoms with Crippen molar-refractivity contribution in [3.8, 4) is 0 Å². The van der Waals surface area contributed by atoms with Crippen LogP contribution in [0.25, 0.3) is 0 Å². The molecule has 3 amide bonds. The molecule has 0 bridgehead atoms. The Kier molecular flexibility index (Phi) is 4.80. The number of rotatable bonds is 6. The first-order valence-corrected chi connectivity index (χ1v) is 6.37. The summed E-state index contributed by atoms with van der Waals surface area (Å²) in [5.41, 5.74) is 4.80. The van der Waals surface area contributed by atoms with Gasteiger partial charge >= 0.3 is 12.0 Å². The maximum Gasteiger partial charge on any atom is 0.318 e. The van der Waals surface area contributed by atoms with E-state index in [0.717, 1.165) is 12.8 Å². The predicted molar refractivity (Wildman–Crippen MR) is 63.4 cm³/mol. The lowest BCUT2D eigenvalue weighted by atomic mass is 10.1. The molecule has 0 radical (unpaired) electrons. The summed E-state index contributed by atoms with van der Waals surface area (Å²) in [4.78, 5) is 32.6. The highest BCUT2D eigenvalue weighted by molar-refractivity contribution is 8.00. The fourth-order valence-electron chi connectivity index (χ4n) is 1.46. The maximum atomic E-state index is 11.1. The normalized spacial score (nSPS) is 16.1. The molecule has 6 nitrogen and oxygen atoms in total. The van der Waals surface area contributed by atoms with Crippen molar-refractivity contribution in [1.82, 2.24) is 5.32 Å². The van der Waals surface area contributed by atoms with Crippen LogP contribution in [0.2, 0.25) is 0 Å². The van der Waals surface area contributed by atoms with Crippen molar-refractivity contribution in [2.45, 2.75) is 19.3 Å². The molecule has 0 atom stereocenters. The van der Waals surface area contributed by atoms with Crippen LogP contribution in [-0.4, -0.2) is 36.5 Å². The molecular weight excluding hydrogens is 244 g/mol. The summed E-state index contributed by atoms with van der Waals surface area (Å²) in [5.74, 6) is 0.265. The van der Waals surface area contributed by atoms with Crippen molar-refractivity contribution in [3.05, 3.63) is 0 Å². The Hall–Kier alpha value is -1.24. The second-order valence-corrected chi connectivity index (χ2v) is 5.14. The molecular formula is C10H16N2O4S. The van der Waals surface area contributed by atoms with E-state index in [1.165, 1.54) is 18.9 Å². The molecule has 0 saturated heterocycles. The number of imide groups is 1. The summed E-state index contributed by atoms with van der Waals surface area (Å²) in [6, 6.07) is -0.841. The van der Waals surface area contributed by atoms with Gasteiger partial charge in [0.1, 0.15) is 0 Å². The first-order valence-electron chi connectivity index (χ1n) is 5.21. The number of carbonyl (C=O) groups excluding carboxylic acids is 3. The minimum Gasteiger partial charge on any atom is -0.469 e. The molecule has 7 heteroatoms. The number of thioether (sulfide) groups is 1. The van der Waals surface area contributed by atoms with Crippen LogP contribution in [-0.2, 0) is 14.3 Å². The third-order valence-corrected chi connectivity index (χ3v) is 3.89. The van der Waals surface area contributed by atoms with E-state index in [1.807, 2.05) is 5.32 Å². The van der Waals surface area contributed by atoms with Gasteiger partial charge in [0.25, 0.3) is 0 Å². The van der Waals surface area contributed by atoms with Crippen molar-refractivity contribution in [2.75, 3.05) is 18.6 Å². The van der Waals surface area contributed by atoms with Gasteiger partial charge in [-0.15, -0.1) is 0 Å². The van der Waals surface area contributed by atoms with Crippen LogP contribution in [0.4, 0.5) is 4.79 Å². The Balaban J connectivity index is 2.20. The summed E-state index contributed by atoms with van der Waals surface area (Å²) >= 11 is 1.40. The van der Waals surface area contributed by atoms with Crippen molar-refractivity contribution < 1.29 is 19.1 Å². The summed E-state index contributed by atoms with van der Waals surface area (Å²) < 4.78 is 4.62. The molecule has 0 aromatic heterocycles. The number of primary amides is 1. The Labute approximate surface area is 104 Å². The first-order chi connectivity index (χ1) is 7.97. The number of ether oxygens (including phenoxy) is 1. The minimum atomic E-state index is -0.841. The molecule has 1 fully saturated rings. The number of urea groups is 1. The van der Waals surface area contributed by atoms with Crippen molar-refractivity contribution in [1.29, 1.82) is 0 Å². The van der Waals surface area contributed by atoms with Gasteiger partial charge in [0.05, 0.1) is 19.3 Å². The molecule has 96 valence electrons. The molecule has 0 aromatic carbocycles. The molecule has 0 spiro atoms. The Morgan fingerprint density at radius 2 is 2.06 bits per heavy atom. The number of esters is 1. The number of carbonyl (C=O) groups is 3. The summed E-state index contributed by atoms with van der Waals surface area (Å²) in [5, 5.41) is 1.99. The van der Waals surface area contributed by atoms with Crippen molar-refractivity contribution >= 4 is 29.7 Å². The Bertz CT molecular complexity index is 328. The van der Waals surface area contributed by atoms with E-state index in [4.69, 9.17) is 5.73 Å². The number of methoxy groups -OCH3 is 1. The van der Waals surface area contributed by atoms with E-state index < -0.39 is 11.9 Å². The highest BCUT2D eigenvalue weighted by Gasteiger charge is 2.44. The average Bonchev–Trinajstić information content (AvgIpc) is 2.96. The summed E-state index contributed by atoms with van der Waals surface area (Å²) in [7, 11) is 1.37. The van der Waals surface area contributed by atoms with Gasteiger partial charge < -0.3 is 10.5 Å². The van der Waals surface area contributed by atoms with E-state index >= 15 is 0 Å². The lowest BCUT2D eigenvalue weighted by Crippen LogP contribution is -2.36. The number of hydrogen-bond donors (Lipinski definition) is 2. The number of nitrogens with two attached hydrogens (primary N) is 1. The van der Waals surface area contributed by atoms with Crippen LogP contribution < -0.4 is 11.1 Å². The van der Waals surface area contributed by atoms with Gasteiger partial charge in [0.2, 0.25) is 5.91 Å². The van der Waals surface area contributed by atoms with Gasteiger partial charge in [0, 0.05) is 0 Å². The number of amides is 3. The zero-order valence-electron chi connectivity index (χ0n) is 9.65. The molecule has 1 rings (SSSR count). The molecule has 3 N–H and O–H groups in total. The Morgan fingerprint density at radius 3 is 2.53 bits per heavy atom. The Morgan fingerprint density at radius 1 is 1.41 bits per heavy atom.